The Hall–Kier alpha value is -3.03. The molecular formula is C20H26N6O2. The van der Waals surface area contributed by atoms with E-state index in [0.717, 1.165) is 43.5 Å². The molecule has 1 aromatic heterocycles. The summed E-state index contributed by atoms with van der Waals surface area (Å²) in [6, 6.07) is 8.19. The summed E-state index contributed by atoms with van der Waals surface area (Å²) in [4.78, 5) is 20.9. The number of piperazine rings is 1. The molecular weight excluding hydrogens is 356 g/mol. The van der Waals surface area contributed by atoms with E-state index < -0.39 is 0 Å². The highest BCUT2D eigenvalue weighted by Crippen LogP contribution is 2.32. The van der Waals surface area contributed by atoms with Crippen LogP contribution in [0.3, 0.4) is 0 Å². The Morgan fingerprint density at radius 2 is 2.21 bits per heavy atom. The van der Waals surface area contributed by atoms with Gasteiger partial charge in [-0.15, -0.1) is 0 Å². The van der Waals surface area contributed by atoms with Gasteiger partial charge < -0.3 is 19.9 Å². The van der Waals surface area contributed by atoms with Gasteiger partial charge in [-0.1, -0.05) is 18.2 Å². The van der Waals surface area contributed by atoms with Crippen LogP contribution in [-0.4, -0.2) is 66.4 Å². The van der Waals surface area contributed by atoms with E-state index in [0.29, 0.717) is 19.0 Å². The van der Waals surface area contributed by atoms with Crippen molar-refractivity contribution in [2.45, 2.75) is 12.3 Å². The molecule has 3 heterocycles. The lowest BCUT2D eigenvalue weighted by Gasteiger charge is -2.36. The normalized spacial score (nSPS) is 20.0. The maximum Gasteiger partial charge on any atom is 0.246 e. The summed E-state index contributed by atoms with van der Waals surface area (Å²) >= 11 is 0. The van der Waals surface area contributed by atoms with E-state index in [1.165, 1.54) is 5.56 Å². The maximum atomic E-state index is 12.7. The molecule has 2 aromatic rings. The number of hydrogen-bond donors (Lipinski definition) is 1. The first-order valence-corrected chi connectivity index (χ1v) is 9.62. The van der Waals surface area contributed by atoms with Gasteiger partial charge in [0.2, 0.25) is 5.91 Å². The molecule has 8 nitrogen and oxygen atoms in total. The van der Waals surface area contributed by atoms with Crippen LogP contribution in [0.1, 0.15) is 17.9 Å². The van der Waals surface area contributed by atoms with Crippen molar-refractivity contribution >= 4 is 17.6 Å². The zero-order chi connectivity index (χ0) is 19.5. The number of hydrogen-bond acceptors (Lipinski definition) is 4. The van der Waals surface area contributed by atoms with Crippen molar-refractivity contribution in [2.24, 2.45) is 12.0 Å². The number of ether oxygens (including phenoxy) is 1. The molecule has 1 fully saturated rings. The average Bonchev–Trinajstić information content (AvgIpc) is 3.14. The molecule has 28 heavy (non-hydrogen) atoms. The number of para-hydroxylation sites is 1. The second kappa shape index (κ2) is 7.92. The third-order valence-corrected chi connectivity index (χ3v) is 5.32. The minimum atomic E-state index is 0.0543. The fourth-order valence-corrected chi connectivity index (χ4v) is 3.85. The summed E-state index contributed by atoms with van der Waals surface area (Å²) in [6.45, 7) is 3.14. The van der Waals surface area contributed by atoms with Gasteiger partial charge in [0.05, 0.1) is 18.5 Å². The minimum Gasteiger partial charge on any atom is -0.493 e. The molecule has 1 saturated heterocycles. The van der Waals surface area contributed by atoms with Crippen molar-refractivity contribution in [3.8, 4) is 5.75 Å². The van der Waals surface area contributed by atoms with Crippen LogP contribution in [-0.2, 0) is 11.8 Å². The molecule has 1 unspecified atom stereocenters. The lowest BCUT2D eigenvalue weighted by Crippen LogP contribution is -2.55. The Labute approximate surface area is 164 Å². The Kier molecular flexibility index (Phi) is 5.18. The third kappa shape index (κ3) is 3.67. The molecule has 0 saturated carbocycles. The number of rotatable bonds is 3. The zero-order valence-electron chi connectivity index (χ0n) is 16.3. The van der Waals surface area contributed by atoms with Crippen LogP contribution < -0.4 is 15.0 Å². The van der Waals surface area contributed by atoms with Crippen molar-refractivity contribution in [1.29, 1.82) is 0 Å². The standard InChI is InChI=1S/C20H26N6O2/c1-21-20(22-11-15-7-10-28-18-6-4-3-5-17(15)18)25-8-9-26(19(27)14-25)16-12-23-24(2)13-16/h3-6,12-13,15H,7-11,14H2,1-2H3,(H,21,22). The van der Waals surface area contributed by atoms with Crippen LogP contribution in [0.15, 0.2) is 41.7 Å². The molecule has 8 heteroatoms. The number of fused-ring (bicyclic) bond motifs is 1. The highest BCUT2D eigenvalue weighted by Gasteiger charge is 2.28. The van der Waals surface area contributed by atoms with Crippen molar-refractivity contribution in [2.75, 3.05) is 44.7 Å². The minimum absolute atomic E-state index is 0.0543. The lowest BCUT2D eigenvalue weighted by atomic mass is 9.93. The summed E-state index contributed by atoms with van der Waals surface area (Å²) in [6.07, 6.45) is 4.56. The van der Waals surface area contributed by atoms with Gasteiger partial charge >= 0.3 is 0 Å². The van der Waals surface area contributed by atoms with E-state index in [9.17, 15) is 4.79 Å². The predicted octanol–water partition coefficient (Wildman–Crippen LogP) is 1.21. The van der Waals surface area contributed by atoms with Crippen molar-refractivity contribution in [3.05, 3.63) is 42.2 Å². The number of aliphatic imine (C=N–C) groups is 1. The van der Waals surface area contributed by atoms with Crippen molar-refractivity contribution < 1.29 is 9.53 Å². The summed E-state index contributed by atoms with van der Waals surface area (Å²) in [7, 11) is 3.61. The number of carbonyl (C=O) groups excluding carboxylic acids is 1. The molecule has 0 radical (unpaired) electrons. The van der Waals surface area contributed by atoms with Crippen LogP contribution >= 0.6 is 0 Å². The van der Waals surface area contributed by atoms with Crippen LogP contribution in [0.5, 0.6) is 5.75 Å². The number of aromatic nitrogens is 2. The first kappa shape index (κ1) is 18.3. The summed E-state index contributed by atoms with van der Waals surface area (Å²) in [5.41, 5.74) is 2.07. The van der Waals surface area contributed by atoms with Crippen molar-refractivity contribution in [3.63, 3.8) is 0 Å². The molecule has 2 aliphatic rings. The van der Waals surface area contributed by atoms with E-state index in [1.807, 2.05) is 36.3 Å². The number of amides is 1. The van der Waals surface area contributed by atoms with Crippen molar-refractivity contribution in [1.82, 2.24) is 20.0 Å². The Morgan fingerprint density at radius 3 is 2.96 bits per heavy atom. The molecule has 4 rings (SSSR count). The monoisotopic (exact) mass is 382 g/mol. The van der Waals surface area contributed by atoms with E-state index >= 15 is 0 Å². The fourth-order valence-electron chi connectivity index (χ4n) is 3.85. The van der Waals surface area contributed by atoms with Crippen LogP contribution in [0.4, 0.5) is 5.69 Å². The predicted molar refractivity (Wildman–Crippen MR) is 108 cm³/mol. The van der Waals surface area contributed by atoms with E-state index in [1.54, 1.807) is 22.8 Å². The van der Waals surface area contributed by atoms with Gasteiger partial charge in [0.1, 0.15) is 12.3 Å². The zero-order valence-corrected chi connectivity index (χ0v) is 16.3. The molecule has 1 amide bonds. The molecule has 1 N–H and O–H groups in total. The Balaban J connectivity index is 1.37. The molecule has 148 valence electrons. The van der Waals surface area contributed by atoms with Gasteiger partial charge in [-0.05, 0) is 18.1 Å². The SMILES string of the molecule is CN=C(NCC1CCOc2ccccc21)N1CCN(c2cnn(C)c2)C(=O)C1. The lowest BCUT2D eigenvalue weighted by molar-refractivity contribution is -0.120. The smallest absolute Gasteiger partial charge is 0.246 e. The van der Waals surface area contributed by atoms with Gasteiger partial charge in [0.15, 0.2) is 5.96 Å². The first-order valence-electron chi connectivity index (χ1n) is 9.62. The summed E-state index contributed by atoms with van der Waals surface area (Å²) in [5.74, 6) is 2.16. The van der Waals surface area contributed by atoms with Gasteiger partial charge in [-0.3, -0.25) is 14.5 Å². The van der Waals surface area contributed by atoms with Crippen LogP contribution in [0, 0.1) is 0 Å². The summed E-state index contributed by atoms with van der Waals surface area (Å²) < 4.78 is 7.46. The van der Waals surface area contributed by atoms with Crippen LogP contribution in [0.25, 0.3) is 0 Å². The molecule has 0 bridgehead atoms. The maximum absolute atomic E-state index is 12.7. The van der Waals surface area contributed by atoms with E-state index in [2.05, 4.69) is 21.5 Å². The number of anilines is 1. The molecule has 1 aromatic carbocycles. The number of benzene rings is 1. The fraction of sp³-hybridized carbons (Fsp3) is 0.450. The highest BCUT2D eigenvalue weighted by molar-refractivity contribution is 5.98. The molecule has 2 aliphatic heterocycles. The molecule has 1 atom stereocenters. The topological polar surface area (TPSA) is 75.0 Å². The van der Waals surface area contributed by atoms with Crippen LogP contribution in [0.2, 0.25) is 0 Å². The number of guanidine groups is 1. The number of aryl methyl sites for hydroxylation is 1. The van der Waals surface area contributed by atoms with Gasteiger partial charge in [0, 0.05) is 45.8 Å². The van der Waals surface area contributed by atoms with Gasteiger partial charge in [-0.2, -0.15) is 5.10 Å². The average molecular weight is 382 g/mol. The molecule has 0 spiro atoms. The Morgan fingerprint density at radius 1 is 1.36 bits per heavy atom. The van der Waals surface area contributed by atoms with E-state index in [-0.39, 0.29) is 5.91 Å². The largest absolute Gasteiger partial charge is 0.493 e. The number of nitrogens with zero attached hydrogens (tertiary/aromatic N) is 5. The van der Waals surface area contributed by atoms with Gasteiger partial charge in [0.25, 0.3) is 0 Å². The number of nitrogens with one attached hydrogen (secondary N) is 1. The second-order valence-electron chi connectivity index (χ2n) is 7.14. The first-order chi connectivity index (χ1) is 13.7. The molecule has 0 aliphatic carbocycles. The summed E-state index contributed by atoms with van der Waals surface area (Å²) in [5, 5.41) is 7.62. The quantitative estimate of drug-likeness (QED) is 0.638. The highest BCUT2D eigenvalue weighted by atomic mass is 16.5. The number of carbonyl (C=O) groups is 1. The van der Waals surface area contributed by atoms with Gasteiger partial charge in [-0.25, -0.2) is 0 Å². The van der Waals surface area contributed by atoms with E-state index in [4.69, 9.17) is 4.74 Å². The second-order valence-corrected chi connectivity index (χ2v) is 7.14. The third-order valence-electron chi connectivity index (χ3n) is 5.32. The Bertz CT molecular complexity index is 877.